The van der Waals surface area contributed by atoms with Crippen LogP contribution in [-0.4, -0.2) is 31.5 Å². The third-order valence-corrected chi connectivity index (χ3v) is 9.39. The summed E-state index contributed by atoms with van der Waals surface area (Å²) in [6, 6.07) is 35.0. The van der Waals surface area contributed by atoms with Gasteiger partial charge in [-0.15, -0.1) is 0 Å². The van der Waals surface area contributed by atoms with E-state index in [0.717, 1.165) is 6.42 Å². The molecule has 1 saturated heterocycles. The first-order valence-corrected chi connectivity index (χ1v) is 15.9. The van der Waals surface area contributed by atoms with Gasteiger partial charge in [0.1, 0.15) is 12.7 Å². The van der Waals surface area contributed by atoms with Gasteiger partial charge in [-0.25, -0.2) is 4.79 Å². The maximum Gasteiger partial charge on any atom is 0.508 e. The molecule has 4 heteroatoms. The Labute approximate surface area is 262 Å². The van der Waals surface area contributed by atoms with E-state index in [1.165, 1.54) is 44.5 Å². The van der Waals surface area contributed by atoms with Crippen LogP contribution in [0.3, 0.4) is 0 Å². The lowest BCUT2D eigenvalue weighted by molar-refractivity contribution is 0.0273. The molecule has 4 aromatic rings. The summed E-state index contributed by atoms with van der Waals surface area (Å²) in [5.74, 6) is 0.148. The molecule has 0 amide bonds. The number of ether oxygens (including phenoxy) is 2. The SMILES string of the molecule is CC(C)(C)c1ccc(C(c2ccc(C(C)(C)C)cc2)C2C[C@@H](OC(=O)OCC3c4ccccc4-c4ccccc43)CN2)cc1. The zero-order valence-corrected chi connectivity index (χ0v) is 26.9. The Morgan fingerprint density at radius 3 is 1.68 bits per heavy atom. The summed E-state index contributed by atoms with van der Waals surface area (Å²) in [5, 5.41) is 3.69. The summed E-state index contributed by atoms with van der Waals surface area (Å²) in [6.45, 7) is 14.3. The van der Waals surface area contributed by atoms with Gasteiger partial charge in [0.15, 0.2) is 0 Å². The molecule has 0 spiro atoms. The zero-order valence-electron chi connectivity index (χ0n) is 26.9. The number of rotatable bonds is 6. The molecule has 4 aromatic carbocycles. The van der Waals surface area contributed by atoms with E-state index in [4.69, 9.17) is 9.47 Å². The van der Waals surface area contributed by atoms with E-state index in [9.17, 15) is 4.79 Å². The molecular weight excluding hydrogens is 542 g/mol. The van der Waals surface area contributed by atoms with Crippen LogP contribution in [0.25, 0.3) is 11.1 Å². The van der Waals surface area contributed by atoms with E-state index in [2.05, 4.69) is 132 Å². The quantitative estimate of drug-likeness (QED) is 0.229. The van der Waals surface area contributed by atoms with Crippen LogP contribution < -0.4 is 5.32 Å². The van der Waals surface area contributed by atoms with Gasteiger partial charge in [0.05, 0.1) is 0 Å². The Morgan fingerprint density at radius 2 is 1.20 bits per heavy atom. The van der Waals surface area contributed by atoms with Gasteiger partial charge in [-0.1, -0.05) is 139 Å². The largest absolute Gasteiger partial charge is 0.508 e. The highest BCUT2D eigenvalue weighted by atomic mass is 16.7. The molecule has 1 heterocycles. The minimum Gasteiger partial charge on any atom is -0.433 e. The fourth-order valence-corrected chi connectivity index (χ4v) is 6.88. The van der Waals surface area contributed by atoms with Crippen LogP contribution in [0.15, 0.2) is 97.1 Å². The minimum absolute atomic E-state index is 0.0147. The summed E-state index contributed by atoms with van der Waals surface area (Å²) < 4.78 is 11.7. The van der Waals surface area contributed by atoms with E-state index in [-0.39, 0.29) is 41.4 Å². The van der Waals surface area contributed by atoms with Crippen molar-refractivity contribution in [1.82, 2.24) is 5.32 Å². The predicted octanol–water partition coefficient (Wildman–Crippen LogP) is 9.11. The van der Waals surface area contributed by atoms with Crippen LogP contribution in [0.5, 0.6) is 0 Å². The van der Waals surface area contributed by atoms with Crippen LogP contribution in [0, 0.1) is 0 Å². The summed E-state index contributed by atoms with van der Waals surface area (Å²) >= 11 is 0. The van der Waals surface area contributed by atoms with Crippen molar-refractivity contribution in [1.29, 1.82) is 0 Å². The van der Waals surface area contributed by atoms with E-state index in [1.807, 2.05) is 12.1 Å². The van der Waals surface area contributed by atoms with Gasteiger partial charge in [0, 0.05) is 30.8 Å². The Hall–Kier alpha value is -3.89. The van der Waals surface area contributed by atoms with Crippen molar-refractivity contribution in [3.8, 4) is 11.1 Å². The molecule has 0 radical (unpaired) electrons. The monoisotopic (exact) mass is 587 g/mol. The molecule has 228 valence electrons. The van der Waals surface area contributed by atoms with E-state index in [0.29, 0.717) is 6.54 Å². The Kier molecular flexibility index (Phi) is 8.15. The molecular formula is C40H45NO3. The zero-order chi connectivity index (χ0) is 31.1. The summed E-state index contributed by atoms with van der Waals surface area (Å²) in [7, 11) is 0. The van der Waals surface area contributed by atoms with Gasteiger partial charge in [0.2, 0.25) is 0 Å². The van der Waals surface area contributed by atoms with Crippen LogP contribution in [0.1, 0.15) is 93.2 Å². The number of carbonyl (C=O) groups is 1. The second-order valence-electron chi connectivity index (χ2n) is 14.5. The maximum atomic E-state index is 13.0. The van der Waals surface area contributed by atoms with Gasteiger partial charge in [-0.05, 0) is 55.3 Å². The fourth-order valence-electron chi connectivity index (χ4n) is 6.88. The molecule has 0 saturated carbocycles. The van der Waals surface area contributed by atoms with E-state index < -0.39 is 6.16 Å². The van der Waals surface area contributed by atoms with Crippen molar-refractivity contribution in [2.24, 2.45) is 0 Å². The first-order valence-electron chi connectivity index (χ1n) is 15.9. The number of hydrogen-bond acceptors (Lipinski definition) is 4. The number of benzene rings is 4. The second kappa shape index (κ2) is 11.9. The van der Waals surface area contributed by atoms with Crippen molar-refractivity contribution in [3.05, 3.63) is 130 Å². The first-order chi connectivity index (χ1) is 21.0. The molecule has 6 rings (SSSR count). The Bertz CT molecular complexity index is 1510. The van der Waals surface area contributed by atoms with Crippen molar-refractivity contribution < 1.29 is 14.3 Å². The molecule has 1 fully saturated rings. The van der Waals surface area contributed by atoms with E-state index >= 15 is 0 Å². The standard InChI is InChI=1S/C40H45NO3/c1-39(2,3)28-19-15-26(16-20-28)37(27-17-21-29(22-18-27)40(4,5)6)36-23-30(24-41-36)44-38(42)43-25-35-33-13-9-7-11-31(33)32-12-8-10-14-34(32)35/h7-22,30,35-37,41H,23-25H2,1-6H3/t30-,36?/m1/s1. The van der Waals surface area contributed by atoms with Gasteiger partial charge in [-0.2, -0.15) is 0 Å². The smallest absolute Gasteiger partial charge is 0.433 e. The topological polar surface area (TPSA) is 47.6 Å². The van der Waals surface area contributed by atoms with Gasteiger partial charge in [-0.3, -0.25) is 0 Å². The average Bonchev–Trinajstić information content (AvgIpc) is 3.58. The molecule has 1 aliphatic carbocycles. The second-order valence-corrected chi connectivity index (χ2v) is 14.5. The third kappa shape index (κ3) is 6.19. The number of nitrogens with one attached hydrogen (secondary N) is 1. The summed E-state index contributed by atoms with van der Waals surface area (Å²) in [4.78, 5) is 13.0. The molecule has 1 unspecified atom stereocenters. The number of hydrogen-bond donors (Lipinski definition) is 1. The highest BCUT2D eigenvalue weighted by Crippen LogP contribution is 2.44. The maximum absolute atomic E-state index is 13.0. The first kappa shape index (κ1) is 30.1. The van der Waals surface area contributed by atoms with Crippen LogP contribution in [0.4, 0.5) is 4.79 Å². The van der Waals surface area contributed by atoms with Gasteiger partial charge in [0.25, 0.3) is 0 Å². The van der Waals surface area contributed by atoms with Crippen molar-refractivity contribution in [2.45, 2.75) is 82.8 Å². The molecule has 2 aliphatic rings. The van der Waals surface area contributed by atoms with Crippen molar-refractivity contribution in [2.75, 3.05) is 13.2 Å². The average molecular weight is 588 g/mol. The number of fused-ring (bicyclic) bond motifs is 3. The molecule has 4 nitrogen and oxygen atoms in total. The molecule has 1 aliphatic heterocycles. The molecule has 1 N–H and O–H groups in total. The van der Waals surface area contributed by atoms with Crippen molar-refractivity contribution in [3.63, 3.8) is 0 Å². The highest BCUT2D eigenvalue weighted by Gasteiger charge is 2.36. The normalized spacial score (nSPS) is 18.2. The number of carbonyl (C=O) groups excluding carboxylic acids is 1. The van der Waals surface area contributed by atoms with Gasteiger partial charge < -0.3 is 14.8 Å². The van der Waals surface area contributed by atoms with E-state index in [1.54, 1.807) is 0 Å². The summed E-state index contributed by atoms with van der Waals surface area (Å²) in [5.41, 5.74) is 10.2. The Balaban J connectivity index is 1.15. The molecule has 2 atom stereocenters. The van der Waals surface area contributed by atoms with Crippen LogP contribution in [0.2, 0.25) is 0 Å². The minimum atomic E-state index is -0.597. The van der Waals surface area contributed by atoms with Crippen molar-refractivity contribution >= 4 is 6.16 Å². The Morgan fingerprint density at radius 1 is 0.727 bits per heavy atom. The predicted molar refractivity (Wildman–Crippen MR) is 178 cm³/mol. The lowest BCUT2D eigenvalue weighted by Crippen LogP contribution is -2.30. The third-order valence-electron chi connectivity index (χ3n) is 9.39. The van der Waals surface area contributed by atoms with Crippen LogP contribution in [-0.2, 0) is 20.3 Å². The highest BCUT2D eigenvalue weighted by molar-refractivity contribution is 5.79. The molecule has 44 heavy (non-hydrogen) atoms. The summed E-state index contributed by atoms with van der Waals surface area (Å²) in [6.07, 6.45) is -0.127. The van der Waals surface area contributed by atoms with Crippen LogP contribution >= 0.6 is 0 Å². The lowest BCUT2D eigenvalue weighted by atomic mass is 9.80. The molecule has 0 aromatic heterocycles. The molecule has 0 bridgehead atoms. The fraction of sp³-hybridized carbons (Fsp3) is 0.375. The lowest BCUT2D eigenvalue weighted by Gasteiger charge is -2.27. The van der Waals surface area contributed by atoms with Gasteiger partial charge >= 0.3 is 6.16 Å².